The van der Waals surface area contributed by atoms with Crippen molar-refractivity contribution >= 4 is 18.6 Å². The van der Waals surface area contributed by atoms with E-state index < -0.39 is 5.97 Å². The summed E-state index contributed by atoms with van der Waals surface area (Å²) >= 11 is 3.92. The van der Waals surface area contributed by atoms with Crippen LogP contribution in [0.25, 0.3) is 0 Å². The van der Waals surface area contributed by atoms with Gasteiger partial charge in [0.25, 0.3) is 0 Å². The summed E-state index contributed by atoms with van der Waals surface area (Å²) in [6.07, 6.45) is 1.34. The van der Waals surface area contributed by atoms with Gasteiger partial charge in [-0.2, -0.15) is 12.6 Å². The number of thiol groups is 1. The highest BCUT2D eigenvalue weighted by Crippen LogP contribution is 2.11. The third-order valence-corrected chi connectivity index (χ3v) is 1.45. The van der Waals surface area contributed by atoms with E-state index in [0.717, 1.165) is 0 Å². The zero-order valence-electron chi connectivity index (χ0n) is 5.07. The number of hydrogen-bond donors (Lipinski definition) is 2. The van der Waals surface area contributed by atoms with E-state index in [4.69, 9.17) is 5.11 Å². The van der Waals surface area contributed by atoms with E-state index in [2.05, 4.69) is 17.0 Å². The summed E-state index contributed by atoms with van der Waals surface area (Å²) in [5.41, 5.74) is 0.607. The van der Waals surface area contributed by atoms with Crippen LogP contribution in [-0.4, -0.2) is 11.1 Å². The van der Waals surface area contributed by atoms with Crippen LogP contribution in [0.5, 0.6) is 0 Å². The SMILES string of the molecule is O=C(O)c1occc1CS. The molecule has 0 aliphatic heterocycles. The zero-order chi connectivity index (χ0) is 7.56. The van der Waals surface area contributed by atoms with Crippen molar-refractivity contribution in [2.24, 2.45) is 0 Å². The minimum Gasteiger partial charge on any atom is -0.475 e. The molecule has 0 amide bonds. The van der Waals surface area contributed by atoms with E-state index >= 15 is 0 Å². The van der Waals surface area contributed by atoms with Crippen molar-refractivity contribution in [3.05, 3.63) is 23.7 Å². The molecular weight excluding hydrogens is 152 g/mol. The molecule has 0 spiro atoms. The molecule has 0 radical (unpaired) electrons. The maximum absolute atomic E-state index is 10.3. The topological polar surface area (TPSA) is 50.4 Å². The highest BCUT2D eigenvalue weighted by atomic mass is 32.1. The van der Waals surface area contributed by atoms with Crippen molar-refractivity contribution in [1.82, 2.24) is 0 Å². The summed E-state index contributed by atoms with van der Waals surface area (Å²) in [5, 5.41) is 8.46. The van der Waals surface area contributed by atoms with Crippen LogP contribution in [0.1, 0.15) is 16.1 Å². The minimum absolute atomic E-state index is 0.0185. The lowest BCUT2D eigenvalue weighted by atomic mass is 10.3. The van der Waals surface area contributed by atoms with Gasteiger partial charge in [-0.1, -0.05) is 0 Å². The molecule has 1 aromatic rings. The van der Waals surface area contributed by atoms with Gasteiger partial charge in [0.2, 0.25) is 5.76 Å². The maximum Gasteiger partial charge on any atom is 0.372 e. The van der Waals surface area contributed by atoms with E-state index in [0.29, 0.717) is 11.3 Å². The summed E-state index contributed by atoms with van der Waals surface area (Å²) in [6, 6.07) is 1.59. The van der Waals surface area contributed by atoms with E-state index in [1.165, 1.54) is 6.26 Å². The number of hydrogen-bond acceptors (Lipinski definition) is 3. The molecule has 0 atom stereocenters. The van der Waals surface area contributed by atoms with Crippen molar-refractivity contribution in [3.63, 3.8) is 0 Å². The van der Waals surface area contributed by atoms with Gasteiger partial charge in [-0.05, 0) is 6.07 Å². The fourth-order valence-electron chi connectivity index (χ4n) is 0.648. The third-order valence-electron chi connectivity index (χ3n) is 1.11. The molecule has 0 bridgehead atoms. The van der Waals surface area contributed by atoms with E-state index in [1.54, 1.807) is 6.07 Å². The average molecular weight is 158 g/mol. The monoisotopic (exact) mass is 158 g/mol. The van der Waals surface area contributed by atoms with Crippen LogP contribution in [0.3, 0.4) is 0 Å². The lowest BCUT2D eigenvalue weighted by Gasteiger charge is -1.89. The number of aromatic carboxylic acids is 1. The second-order valence-electron chi connectivity index (χ2n) is 1.74. The van der Waals surface area contributed by atoms with E-state index in [9.17, 15) is 4.79 Å². The molecule has 1 N–H and O–H groups in total. The Morgan fingerprint density at radius 3 is 2.90 bits per heavy atom. The van der Waals surface area contributed by atoms with Gasteiger partial charge in [0, 0.05) is 11.3 Å². The first-order valence-electron chi connectivity index (χ1n) is 2.66. The highest BCUT2D eigenvalue weighted by molar-refractivity contribution is 7.79. The number of carboxylic acid groups (broad SMARTS) is 1. The van der Waals surface area contributed by atoms with Crippen molar-refractivity contribution < 1.29 is 14.3 Å². The van der Waals surface area contributed by atoms with Gasteiger partial charge in [0.15, 0.2) is 0 Å². The van der Waals surface area contributed by atoms with Crippen LogP contribution in [0.15, 0.2) is 16.7 Å². The molecule has 0 unspecified atom stereocenters. The highest BCUT2D eigenvalue weighted by Gasteiger charge is 2.11. The minimum atomic E-state index is -1.05. The van der Waals surface area contributed by atoms with Gasteiger partial charge in [-0.3, -0.25) is 0 Å². The Morgan fingerprint density at radius 1 is 1.80 bits per heavy atom. The standard InChI is InChI=1S/C6H6O3S/c7-6(8)5-4(3-10)1-2-9-5/h1-2,10H,3H2,(H,7,8). The Balaban J connectivity index is 3.01. The Labute approximate surface area is 63.1 Å². The fourth-order valence-corrected chi connectivity index (χ4v) is 0.897. The first-order chi connectivity index (χ1) is 4.75. The predicted molar refractivity (Wildman–Crippen MR) is 38.4 cm³/mol. The van der Waals surface area contributed by atoms with Gasteiger partial charge in [-0.15, -0.1) is 0 Å². The molecule has 0 fully saturated rings. The molecule has 0 aliphatic rings. The van der Waals surface area contributed by atoms with Crippen LogP contribution in [0.2, 0.25) is 0 Å². The largest absolute Gasteiger partial charge is 0.475 e. The van der Waals surface area contributed by atoms with Crippen molar-refractivity contribution in [3.8, 4) is 0 Å². The smallest absolute Gasteiger partial charge is 0.372 e. The predicted octanol–water partition coefficient (Wildman–Crippen LogP) is 1.41. The molecule has 0 aliphatic carbocycles. The van der Waals surface area contributed by atoms with Gasteiger partial charge in [0.05, 0.1) is 6.26 Å². The molecule has 3 nitrogen and oxygen atoms in total. The van der Waals surface area contributed by atoms with Crippen LogP contribution >= 0.6 is 12.6 Å². The first kappa shape index (κ1) is 7.21. The van der Waals surface area contributed by atoms with Gasteiger partial charge in [0.1, 0.15) is 0 Å². The number of carbonyl (C=O) groups is 1. The second kappa shape index (κ2) is 2.79. The zero-order valence-corrected chi connectivity index (χ0v) is 5.97. The Bertz CT molecular complexity index is 241. The number of furan rings is 1. The molecule has 1 aromatic heterocycles. The van der Waals surface area contributed by atoms with Gasteiger partial charge >= 0.3 is 5.97 Å². The molecule has 10 heavy (non-hydrogen) atoms. The summed E-state index contributed by atoms with van der Waals surface area (Å²) < 4.78 is 4.67. The van der Waals surface area contributed by atoms with Crippen LogP contribution in [0, 0.1) is 0 Å². The molecule has 54 valence electrons. The average Bonchev–Trinajstić information content (AvgIpc) is 2.33. The fraction of sp³-hybridized carbons (Fsp3) is 0.167. The number of rotatable bonds is 2. The first-order valence-corrected chi connectivity index (χ1v) is 3.29. The quantitative estimate of drug-likeness (QED) is 0.640. The molecule has 1 rings (SSSR count). The summed E-state index contributed by atoms with van der Waals surface area (Å²) in [5.74, 6) is -0.679. The molecule has 0 saturated carbocycles. The molecule has 0 saturated heterocycles. The number of carboxylic acids is 1. The van der Waals surface area contributed by atoms with Crippen molar-refractivity contribution in [1.29, 1.82) is 0 Å². The Kier molecular flexibility index (Phi) is 2.01. The van der Waals surface area contributed by atoms with E-state index in [1.807, 2.05) is 0 Å². The molecular formula is C6H6O3S. The normalized spacial score (nSPS) is 9.70. The van der Waals surface area contributed by atoms with Crippen molar-refractivity contribution in [2.45, 2.75) is 5.75 Å². The summed E-state index contributed by atoms with van der Waals surface area (Å²) in [6.45, 7) is 0. The molecule has 1 heterocycles. The Morgan fingerprint density at radius 2 is 2.50 bits per heavy atom. The van der Waals surface area contributed by atoms with Crippen molar-refractivity contribution in [2.75, 3.05) is 0 Å². The second-order valence-corrected chi connectivity index (χ2v) is 2.05. The maximum atomic E-state index is 10.3. The summed E-state index contributed by atoms with van der Waals surface area (Å²) in [4.78, 5) is 10.3. The van der Waals surface area contributed by atoms with Crippen LogP contribution in [-0.2, 0) is 5.75 Å². The Hall–Kier alpha value is -0.900. The third kappa shape index (κ3) is 1.16. The van der Waals surface area contributed by atoms with Crippen LogP contribution < -0.4 is 0 Å². The van der Waals surface area contributed by atoms with Crippen LogP contribution in [0.4, 0.5) is 0 Å². The molecule has 0 aromatic carbocycles. The van der Waals surface area contributed by atoms with Gasteiger partial charge in [-0.25, -0.2) is 4.79 Å². The summed E-state index contributed by atoms with van der Waals surface area (Å²) in [7, 11) is 0. The van der Waals surface area contributed by atoms with Gasteiger partial charge < -0.3 is 9.52 Å². The molecule has 4 heteroatoms. The van der Waals surface area contributed by atoms with E-state index in [-0.39, 0.29) is 5.76 Å². The lowest BCUT2D eigenvalue weighted by Crippen LogP contribution is -1.96. The lowest BCUT2D eigenvalue weighted by molar-refractivity contribution is 0.0661.